The first-order valence-corrected chi connectivity index (χ1v) is 7.96. The third kappa shape index (κ3) is 7.06. The van der Waals surface area contributed by atoms with Crippen LogP contribution in [0.1, 0.15) is 20.3 Å². The van der Waals surface area contributed by atoms with E-state index in [9.17, 15) is 14.4 Å². The fourth-order valence-corrected chi connectivity index (χ4v) is 2.15. The van der Waals surface area contributed by atoms with Crippen LogP contribution in [0.5, 0.6) is 0 Å². The van der Waals surface area contributed by atoms with Gasteiger partial charge < -0.3 is 21.1 Å². The van der Waals surface area contributed by atoms with Gasteiger partial charge in [0.2, 0.25) is 5.91 Å². The molecule has 0 saturated heterocycles. The number of urea groups is 1. The number of aliphatic carboxylic acids is 1. The fraction of sp³-hybridized carbons (Fsp3) is 0.400. The molecule has 1 aromatic rings. The number of carbonyl (C=O) groups excluding carboxylic acids is 2. The van der Waals surface area contributed by atoms with Crippen molar-refractivity contribution in [3.63, 3.8) is 0 Å². The predicted molar refractivity (Wildman–Crippen MR) is 92.5 cm³/mol. The van der Waals surface area contributed by atoms with Crippen molar-refractivity contribution in [1.29, 1.82) is 0 Å². The Bertz CT molecular complexity index is 623. The topological polar surface area (TPSA) is 108 Å². The first kappa shape index (κ1) is 20.1. The summed E-state index contributed by atoms with van der Waals surface area (Å²) < 4.78 is 0. The van der Waals surface area contributed by atoms with Gasteiger partial charge in [-0.2, -0.15) is 0 Å². The Balaban J connectivity index is 2.46. The molecule has 0 aliphatic rings. The second-order valence-corrected chi connectivity index (χ2v) is 6.34. The molecule has 3 amide bonds. The summed E-state index contributed by atoms with van der Waals surface area (Å²) in [7, 11) is 0. The second kappa shape index (κ2) is 9.34. The summed E-state index contributed by atoms with van der Waals surface area (Å²) in [6, 6.07) is 2.93. The molecule has 1 rings (SSSR count). The van der Waals surface area contributed by atoms with Crippen LogP contribution in [0.25, 0.3) is 0 Å². The van der Waals surface area contributed by atoms with E-state index in [4.69, 9.17) is 28.3 Å². The highest BCUT2D eigenvalue weighted by Crippen LogP contribution is 2.24. The Morgan fingerprint density at radius 1 is 1.17 bits per heavy atom. The van der Waals surface area contributed by atoms with E-state index < -0.39 is 23.9 Å². The average molecular weight is 376 g/mol. The molecule has 0 fully saturated rings. The van der Waals surface area contributed by atoms with Crippen molar-refractivity contribution in [3.8, 4) is 0 Å². The monoisotopic (exact) mass is 375 g/mol. The number of benzene rings is 1. The van der Waals surface area contributed by atoms with Crippen molar-refractivity contribution >= 4 is 46.8 Å². The van der Waals surface area contributed by atoms with E-state index in [0.717, 1.165) is 0 Å². The molecule has 9 heteroatoms. The molecule has 0 bridgehead atoms. The third-order valence-corrected chi connectivity index (χ3v) is 3.67. The molecule has 132 valence electrons. The largest absolute Gasteiger partial charge is 0.480 e. The van der Waals surface area contributed by atoms with Gasteiger partial charge >= 0.3 is 12.0 Å². The first-order valence-electron chi connectivity index (χ1n) is 7.21. The van der Waals surface area contributed by atoms with Crippen LogP contribution < -0.4 is 16.0 Å². The number of carboxylic acids is 1. The third-order valence-electron chi connectivity index (χ3n) is 2.93. The summed E-state index contributed by atoms with van der Waals surface area (Å²) in [6.07, 6.45) is 0.302. The zero-order valence-corrected chi connectivity index (χ0v) is 14.7. The molecular formula is C15H19Cl2N3O4. The number of carbonyl (C=O) groups is 3. The number of anilines is 1. The minimum absolute atomic E-state index is 0.109. The van der Waals surface area contributed by atoms with Crippen LogP contribution in [0.15, 0.2) is 18.2 Å². The van der Waals surface area contributed by atoms with Gasteiger partial charge in [0.1, 0.15) is 6.04 Å². The van der Waals surface area contributed by atoms with Crippen LogP contribution in [-0.4, -0.2) is 35.6 Å². The van der Waals surface area contributed by atoms with E-state index in [0.29, 0.717) is 17.1 Å². The van der Waals surface area contributed by atoms with Crippen molar-refractivity contribution in [2.75, 3.05) is 11.9 Å². The maximum atomic E-state index is 11.7. The molecule has 0 heterocycles. The lowest BCUT2D eigenvalue weighted by Gasteiger charge is -2.16. The van der Waals surface area contributed by atoms with Crippen molar-refractivity contribution in [1.82, 2.24) is 10.6 Å². The molecule has 0 aliphatic carbocycles. The van der Waals surface area contributed by atoms with Gasteiger partial charge in [-0.05, 0) is 30.5 Å². The first-order chi connectivity index (χ1) is 11.2. The quantitative estimate of drug-likeness (QED) is 0.587. The van der Waals surface area contributed by atoms with E-state index in [1.165, 1.54) is 12.1 Å². The van der Waals surface area contributed by atoms with Gasteiger partial charge in [-0.25, -0.2) is 9.59 Å². The Hall–Kier alpha value is -1.99. The smallest absolute Gasteiger partial charge is 0.326 e. The summed E-state index contributed by atoms with van der Waals surface area (Å²) in [6.45, 7) is 3.35. The van der Waals surface area contributed by atoms with Gasteiger partial charge in [-0.3, -0.25) is 4.79 Å². The number of rotatable bonds is 7. The van der Waals surface area contributed by atoms with Crippen LogP contribution >= 0.6 is 23.2 Å². The molecule has 0 radical (unpaired) electrons. The van der Waals surface area contributed by atoms with Gasteiger partial charge in [0, 0.05) is 5.69 Å². The lowest BCUT2D eigenvalue weighted by Crippen LogP contribution is -2.46. The molecule has 0 aromatic heterocycles. The van der Waals surface area contributed by atoms with E-state index >= 15 is 0 Å². The van der Waals surface area contributed by atoms with Crippen molar-refractivity contribution in [2.45, 2.75) is 26.3 Å². The van der Waals surface area contributed by atoms with Crippen LogP contribution in [0.4, 0.5) is 10.5 Å². The average Bonchev–Trinajstić information content (AvgIpc) is 2.48. The van der Waals surface area contributed by atoms with Gasteiger partial charge in [0.15, 0.2) is 0 Å². The number of nitrogens with one attached hydrogen (secondary N) is 3. The van der Waals surface area contributed by atoms with Crippen molar-refractivity contribution in [2.24, 2.45) is 5.92 Å². The predicted octanol–water partition coefficient (Wildman–Crippen LogP) is 2.73. The Morgan fingerprint density at radius 3 is 2.38 bits per heavy atom. The van der Waals surface area contributed by atoms with E-state index in [1.807, 2.05) is 13.8 Å². The van der Waals surface area contributed by atoms with Crippen LogP contribution in [0.3, 0.4) is 0 Å². The molecule has 24 heavy (non-hydrogen) atoms. The van der Waals surface area contributed by atoms with E-state index in [2.05, 4.69) is 16.0 Å². The molecule has 4 N–H and O–H groups in total. The van der Waals surface area contributed by atoms with Gasteiger partial charge in [0.25, 0.3) is 0 Å². The number of halogens is 2. The van der Waals surface area contributed by atoms with Crippen molar-refractivity contribution < 1.29 is 19.5 Å². The number of hydrogen-bond donors (Lipinski definition) is 4. The standard InChI is InChI=1S/C15H19Cl2N3O4/c1-8(2)5-12(14(22)23)20-13(21)7-18-15(24)19-9-3-4-10(16)11(17)6-9/h3-4,6,8,12H,5,7H2,1-2H3,(H,20,21)(H,22,23)(H2,18,19,24). The second-order valence-electron chi connectivity index (χ2n) is 5.52. The maximum Gasteiger partial charge on any atom is 0.326 e. The number of carboxylic acid groups (broad SMARTS) is 1. The molecule has 1 atom stereocenters. The zero-order valence-electron chi connectivity index (χ0n) is 13.2. The minimum atomic E-state index is -1.11. The van der Waals surface area contributed by atoms with Crippen LogP contribution in [-0.2, 0) is 9.59 Å². The summed E-state index contributed by atoms with van der Waals surface area (Å²) in [5.41, 5.74) is 0.408. The number of hydrogen-bond acceptors (Lipinski definition) is 3. The highest BCUT2D eigenvalue weighted by atomic mass is 35.5. The molecule has 1 unspecified atom stereocenters. The SMILES string of the molecule is CC(C)CC(NC(=O)CNC(=O)Nc1ccc(Cl)c(Cl)c1)C(=O)O. The zero-order chi connectivity index (χ0) is 18.3. The molecular weight excluding hydrogens is 357 g/mol. The lowest BCUT2D eigenvalue weighted by atomic mass is 10.0. The van der Waals surface area contributed by atoms with Gasteiger partial charge in [-0.1, -0.05) is 37.0 Å². The molecule has 1 aromatic carbocycles. The summed E-state index contributed by atoms with van der Waals surface area (Å²) in [5.74, 6) is -1.60. The Labute approximate surface area is 149 Å². The molecule has 7 nitrogen and oxygen atoms in total. The Morgan fingerprint density at radius 2 is 1.83 bits per heavy atom. The van der Waals surface area contributed by atoms with Crippen molar-refractivity contribution in [3.05, 3.63) is 28.2 Å². The van der Waals surface area contributed by atoms with Crippen LogP contribution in [0.2, 0.25) is 10.0 Å². The van der Waals surface area contributed by atoms with E-state index in [-0.39, 0.29) is 17.5 Å². The Kier molecular flexibility index (Phi) is 7.81. The molecule has 0 saturated carbocycles. The number of amides is 3. The van der Waals surface area contributed by atoms with Gasteiger partial charge in [0.05, 0.1) is 16.6 Å². The lowest BCUT2D eigenvalue weighted by molar-refractivity contribution is -0.142. The van der Waals surface area contributed by atoms with E-state index in [1.54, 1.807) is 6.07 Å². The fourth-order valence-electron chi connectivity index (χ4n) is 1.85. The van der Waals surface area contributed by atoms with Gasteiger partial charge in [-0.15, -0.1) is 0 Å². The maximum absolute atomic E-state index is 11.7. The van der Waals surface area contributed by atoms with Crippen LogP contribution in [0, 0.1) is 5.92 Å². The summed E-state index contributed by atoms with van der Waals surface area (Å²) in [4.78, 5) is 34.5. The minimum Gasteiger partial charge on any atom is -0.480 e. The normalized spacial score (nSPS) is 11.7. The highest BCUT2D eigenvalue weighted by Gasteiger charge is 2.21. The summed E-state index contributed by atoms with van der Waals surface area (Å²) in [5, 5.41) is 16.9. The summed E-state index contributed by atoms with van der Waals surface area (Å²) >= 11 is 11.6. The molecule has 0 aliphatic heterocycles. The highest BCUT2D eigenvalue weighted by molar-refractivity contribution is 6.42. The molecule has 0 spiro atoms.